The van der Waals surface area contributed by atoms with E-state index < -0.39 is 6.10 Å². The Morgan fingerprint density at radius 1 is 1.62 bits per heavy atom. The summed E-state index contributed by atoms with van der Waals surface area (Å²) in [6.07, 6.45) is 4.87. The number of carbonyl (C=O) groups excluding carboxylic acids is 1. The Bertz CT molecular complexity index is 315. The van der Waals surface area contributed by atoms with E-state index in [0.717, 1.165) is 5.57 Å². The number of carbonyl (C=O) groups is 1. The second-order valence-corrected chi connectivity index (χ2v) is 4.11. The predicted octanol–water partition coefficient (Wildman–Crippen LogP) is 1.30. The van der Waals surface area contributed by atoms with Gasteiger partial charge in [-0.3, -0.25) is 4.79 Å². The summed E-state index contributed by atoms with van der Waals surface area (Å²) in [5, 5.41) is 9.44. The number of aliphatic hydroxyl groups excluding tert-OH is 1. The van der Waals surface area contributed by atoms with Crippen LogP contribution in [-0.4, -0.2) is 17.0 Å². The monoisotopic (exact) mass is 178 g/mol. The normalized spacial score (nSPS) is 27.3. The van der Waals surface area contributed by atoms with Crippen LogP contribution in [-0.2, 0) is 4.79 Å². The Labute approximate surface area is 78.6 Å². The molecule has 70 valence electrons. The molecule has 0 unspecified atom stereocenters. The molecule has 1 N–H and O–H groups in total. The number of hydrogen-bond acceptors (Lipinski definition) is 2. The van der Waals surface area contributed by atoms with Crippen LogP contribution in [0.15, 0.2) is 11.1 Å². The van der Waals surface area contributed by atoms with Crippen LogP contribution in [0.4, 0.5) is 0 Å². The summed E-state index contributed by atoms with van der Waals surface area (Å²) in [5.74, 6) is 2.31. The Balaban J connectivity index is 3.26. The van der Waals surface area contributed by atoms with Gasteiger partial charge in [-0.05, 0) is 13.3 Å². The van der Waals surface area contributed by atoms with E-state index >= 15 is 0 Å². The van der Waals surface area contributed by atoms with Gasteiger partial charge in [0, 0.05) is 16.6 Å². The summed E-state index contributed by atoms with van der Waals surface area (Å²) in [6.45, 7) is 5.57. The highest BCUT2D eigenvalue weighted by Gasteiger charge is 2.36. The van der Waals surface area contributed by atoms with Crippen LogP contribution in [0.2, 0.25) is 0 Å². The molecule has 1 atom stereocenters. The van der Waals surface area contributed by atoms with Crippen molar-refractivity contribution in [1.29, 1.82) is 0 Å². The summed E-state index contributed by atoms with van der Waals surface area (Å²) in [7, 11) is 0. The number of Topliss-reactive ketones (excluding diaryl/α,β-unsaturated/α-hetero) is 1. The van der Waals surface area contributed by atoms with Crippen LogP contribution in [0.3, 0.4) is 0 Å². The van der Waals surface area contributed by atoms with Gasteiger partial charge >= 0.3 is 0 Å². The average Bonchev–Trinajstić information content (AvgIpc) is 2.00. The van der Waals surface area contributed by atoms with Crippen LogP contribution in [0.5, 0.6) is 0 Å². The van der Waals surface area contributed by atoms with Gasteiger partial charge in [0.25, 0.3) is 0 Å². The van der Waals surface area contributed by atoms with Crippen molar-refractivity contribution in [2.24, 2.45) is 5.41 Å². The van der Waals surface area contributed by atoms with E-state index in [-0.39, 0.29) is 11.2 Å². The van der Waals surface area contributed by atoms with Gasteiger partial charge in [0.1, 0.15) is 6.10 Å². The van der Waals surface area contributed by atoms with Gasteiger partial charge in [0.2, 0.25) is 0 Å². The third-order valence-electron chi connectivity index (χ3n) is 2.57. The fourth-order valence-electron chi connectivity index (χ4n) is 1.86. The Morgan fingerprint density at radius 2 is 2.15 bits per heavy atom. The SMILES string of the molecule is C#CC1=C(C)C(=O)[C@@H](O)CC1(C)C. The van der Waals surface area contributed by atoms with Crippen LogP contribution in [0.1, 0.15) is 27.2 Å². The average molecular weight is 178 g/mol. The number of terminal acetylenes is 1. The van der Waals surface area contributed by atoms with Gasteiger partial charge in [-0.1, -0.05) is 19.8 Å². The van der Waals surface area contributed by atoms with Crippen LogP contribution in [0.25, 0.3) is 0 Å². The highest BCUT2D eigenvalue weighted by atomic mass is 16.3. The van der Waals surface area contributed by atoms with Gasteiger partial charge in [-0.15, -0.1) is 6.42 Å². The third kappa shape index (κ3) is 1.52. The molecule has 1 rings (SSSR count). The zero-order chi connectivity index (χ0) is 10.2. The quantitative estimate of drug-likeness (QED) is 0.568. The molecule has 0 bridgehead atoms. The lowest BCUT2D eigenvalue weighted by molar-refractivity contribution is -0.125. The summed E-state index contributed by atoms with van der Waals surface area (Å²) in [6, 6.07) is 0. The molecule has 0 amide bonds. The Morgan fingerprint density at radius 3 is 2.62 bits per heavy atom. The standard InChI is InChI=1S/C11H14O2/c1-5-8-7(2)10(13)9(12)6-11(8,3)4/h1,9,12H,6H2,2-4H3/t9-/m0/s1. The molecule has 0 radical (unpaired) electrons. The van der Waals surface area contributed by atoms with Crippen molar-refractivity contribution in [3.05, 3.63) is 11.1 Å². The summed E-state index contributed by atoms with van der Waals surface area (Å²) in [4.78, 5) is 11.4. The fourth-order valence-corrected chi connectivity index (χ4v) is 1.86. The molecule has 0 aliphatic heterocycles. The molecular formula is C11H14O2. The molecule has 0 aromatic rings. The Kier molecular flexibility index (Phi) is 2.32. The minimum Gasteiger partial charge on any atom is -0.385 e. The van der Waals surface area contributed by atoms with Crippen LogP contribution < -0.4 is 0 Å². The number of allylic oxidation sites excluding steroid dienone is 1. The van der Waals surface area contributed by atoms with Crippen molar-refractivity contribution >= 4 is 5.78 Å². The lowest BCUT2D eigenvalue weighted by Crippen LogP contribution is -2.35. The second kappa shape index (κ2) is 3.01. The summed E-state index contributed by atoms with van der Waals surface area (Å²) in [5.41, 5.74) is 1.00. The van der Waals surface area contributed by atoms with E-state index in [4.69, 9.17) is 6.42 Å². The van der Waals surface area contributed by atoms with Crippen molar-refractivity contribution < 1.29 is 9.90 Å². The third-order valence-corrected chi connectivity index (χ3v) is 2.57. The molecule has 0 fully saturated rings. The first-order chi connectivity index (χ1) is 5.90. The van der Waals surface area contributed by atoms with E-state index in [1.54, 1.807) is 6.92 Å². The molecule has 0 saturated carbocycles. The van der Waals surface area contributed by atoms with E-state index in [2.05, 4.69) is 5.92 Å². The molecule has 0 heterocycles. The number of rotatable bonds is 0. The van der Waals surface area contributed by atoms with Crippen LogP contribution in [0, 0.1) is 17.8 Å². The van der Waals surface area contributed by atoms with Gasteiger partial charge < -0.3 is 5.11 Å². The summed E-state index contributed by atoms with van der Waals surface area (Å²) >= 11 is 0. The predicted molar refractivity (Wildman–Crippen MR) is 50.9 cm³/mol. The number of aliphatic hydroxyl groups is 1. The van der Waals surface area contributed by atoms with Crippen molar-refractivity contribution in [2.45, 2.75) is 33.3 Å². The lowest BCUT2D eigenvalue weighted by atomic mass is 9.71. The maximum Gasteiger partial charge on any atom is 0.187 e. The van der Waals surface area contributed by atoms with E-state index in [1.807, 2.05) is 13.8 Å². The lowest BCUT2D eigenvalue weighted by Gasteiger charge is -2.33. The van der Waals surface area contributed by atoms with Crippen molar-refractivity contribution in [2.75, 3.05) is 0 Å². The van der Waals surface area contributed by atoms with Gasteiger partial charge in [0.15, 0.2) is 5.78 Å². The van der Waals surface area contributed by atoms with E-state index in [1.165, 1.54) is 0 Å². The first-order valence-electron chi connectivity index (χ1n) is 4.30. The van der Waals surface area contributed by atoms with Gasteiger partial charge in [-0.25, -0.2) is 0 Å². The maximum atomic E-state index is 11.4. The van der Waals surface area contributed by atoms with Crippen molar-refractivity contribution in [3.63, 3.8) is 0 Å². The van der Waals surface area contributed by atoms with E-state index in [0.29, 0.717) is 12.0 Å². The topological polar surface area (TPSA) is 37.3 Å². The van der Waals surface area contributed by atoms with Gasteiger partial charge in [-0.2, -0.15) is 0 Å². The summed E-state index contributed by atoms with van der Waals surface area (Å²) < 4.78 is 0. The minimum absolute atomic E-state index is 0.229. The molecule has 13 heavy (non-hydrogen) atoms. The highest BCUT2D eigenvalue weighted by molar-refractivity contribution is 6.00. The fraction of sp³-hybridized carbons (Fsp3) is 0.545. The smallest absolute Gasteiger partial charge is 0.187 e. The highest BCUT2D eigenvalue weighted by Crippen LogP contribution is 2.38. The Hall–Kier alpha value is -1.07. The van der Waals surface area contributed by atoms with E-state index in [9.17, 15) is 9.90 Å². The maximum absolute atomic E-state index is 11.4. The van der Waals surface area contributed by atoms with Gasteiger partial charge in [0.05, 0.1) is 0 Å². The second-order valence-electron chi connectivity index (χ2n) is 4.11. The zero-order valence-corrected chi connectivity index (χ0v) is 8.22. The molecule has 1 aliphatic carbocycles. The zero-order valence-electron chi connectivity index (χ0n) is 8.22. The molecule has 2 heteroatoms. The molecule has 2 nitrogen and oxygen atoms in total. The molecular weight excluding hydrogens is 164 g/mol. The van der Waals surface area contributed by atoms with Crippen LogP contribution >= 0.6 is 0 Å². The number of hydrogen-bond donors (Lipinski definition) is 1. The number of ketones is 1. The molecule has 0 saturated heterocycles. The minimum atomic E-state index is -0.882. The molecule has 0 aromatic heterocycles. The first kappa shape index (κ1) is 10.0. The van der Waals surface area contributed by atoms with Crippen molar-refractivity contribution in [3.8, 4) is 12.3 Å². The molecule has 0 spiro atoms. The first-order valence-corrected chi connectivity index (χ1v) is 4.30. The van der Waals surface area contributed by atoms with Crippen molar-refractivity contribution in [1.82, 2.24) is 0 Å². The molecule has 1 aliphatic rings. The molecule has 0 aromatic carbocycles. The largest absolute Gasteiger partial charge is 0.385 e.